The maximum absolute atomic E-state index is 11.7. The second-order valence-electron chi connectivity index (χ2n) is 7.55. The van der Waals surface area contributed by atoms with Crippen LogP contribution >= 0.6 is 15.6 Å². The number of nitrogens with one attached hydrogen (secondary N) is 1. The van der Waals surface area contributed by atoms with E-state index in [0.717, 1.165) is 12.8 Å². The second kappa shape index (κ2) is 9.79. The van der Waals surface area contributed by atoms with Crippen LogP contribution in [0, 0.1) is 0 Å². The summed E-state index contributed by atoms with van der Waals surface area (Å²) < 4.78 is 38.2. The van der Waals surface area contributed by atoms with Gasteiger partial charge in [0.15, 0.2) is 0 Å². The van der Waals surface area contributed by atoms with E-state index in [1.165, 1.54) is 0 Å². The van der Waals surface area contributed by atoms with Gasteiger partial charge in [-0.15, -0.1) is 0 Å². The van der Waals surface area contributed by atoms with Crippen LogP contribution in [0.2, 0.25) is 0 Å². The van der Waals surface area contributed by atoms with Crippen LogP contribution in [0.15, 0.2) is 0 Å². The van der Waals surface area contributed by atoms with Crippen LogP contribution in [0.1, 0.15) is 67.2 Å². The van der Waals surface area contributed by atoms with Crippen molar-refractivity contribution < 1.29 is 32.5 Å². The van der Waals surface area contributed by atoms with Crippen molar-refractivity contribution in [3.05, 3.63) is 0 Å². The lowest BCUT2D eigenvalue weighted by molar-refractivity contribution is 0.0610. The van der Waals surface area contributed by atoms with Crippen LogP contribution in [0.3, 0.4) is 0 Å². The van der Waals surface area contributed by atoms with Crippen LogP contribution in [0.4, 0.5) is 0 Å². The van der Waals surface area contributed by atoms with Gasteiger partial charge in [-0.25, -0.2) is 14.2 Å². The summed E-state index contributed by atoms with van der Waals surface area (Å²) in [5.74, 6) is 0. The van der Waals surface area contributed by atoms with Gasteiger partial charge in [0.05, 0.1) is 17.8 Å². The molecule has 0 aliphatic rings. The third kappa shape index (κ3) is 15.7. The smallest absolute Gasteiger partial charge is 0.312 e. The van der Waals surface area contributed by atoms with E-state index in [2.05, 4.69) is 5.09 Å². The predicted octanol–water partition coefficient (Wildman–Crippen LogP) is 3.98. The highest BCUT2D eigenvalue weighted by molar-refractivity contribution is 7.50. The quantitative estimate of drug-likeness (QED) is 0.359. The van der Waals surface area contributed by atoms with E-state index < -0.39 is 26.8 Å². The Balaban J connectivity index is 3.75. The zero-order valence-corrected chi connectivity index (χ0v) is 17.4. The molecule has 0 bridgehead atoms. The summed E-state index contributed by atoms with van der Waals surface area (Å²) in [5.41, 5.74) is -1.44. The van der Waals surface area contributed by atoms with E-state index in [1.807, 2.05) is 0 Å². The fourth-order valence-corrected chi connectivity index (χ4v) is 4.11. The molecule has 2 unspecified atom stereocenters. The normalized spacial score (nSPS) is 18.2. The number of hydrogen-bond donors (Lipinski definition) is 3. The number of unbranched alkanes of at least 4 members (excludes halogenated alkanes) is 3. The lowest BCUT2D eigenvalue weighted by Crippen LogP contribution is -2.23. The van der Waals surface area contributed by atoms with Crippen LogP contribution < -0.4 is 5.09 Å². The number of hydrogen-bond acceptors (Lipinski definition) is 5. The molecule has 0 heterocycles. The monoisotopic (exact) mass is 389 g/mol. The van der Waals surface area contributed by atoms with Crippen molar-refractivity contribution in [2.75, 3.05) is 13.2 Å². The molecule has 0 radical (unpaired) electrons. The van der Waals surface area contributed by atoms with Gasteiger partial charge >= 0.3 is 15.6 Å². The average Bonchev–Trinajstić information content (AvgIpc) is 2.25. The molecular weight excluding hydrogens is 356 g/mol. The van der Waals surface area contributed by atoms with E-state index in [9.17, 15) is 18.9 Å². The van der Waals surface area contributed by atoms with Gasteiger partial charge in [0.25, 0.3) is 0 Å². The third-order valence-electron chi connectivity index (χ3n) is 2.42. The fourth-order valence-electron chi connectivity index (χ4n) is 1.76. The van der Waals surface area contributed by atoms with Gasteiger partial charge in [-0.1, -0.05) is 12.8 Å². The maximum atomic E-state index is 11.7. The van der Waals surface area contributed by atoms with Crippen molar-refractivity contribution in [2.45, 2.75) is 78.4 Å². The van der Waals surface area contributed by atoms with Gasteiger partial charge in [-0.05, 0) is 54.4 Å². The summed E-state index contributed by atoms with van der Waals surface area (Å²) >= 11 is 0. The van der Waals surface area contributed by atoms with Gasteiger partial charge in [-0.3, -0.25) is 13.6 Å². The molecule has 10 heteroatoms. The van der Waals surface area contributed by atoms with Gasteiger partial charge < -0.3 is 9.79 Å². The average molecular weight is 389 g/mol. The molecule has 0 fully saturated rings. The summed E-state index contributed by atoms with van der Waals surface area (Å²) in [4.78, 5) is 19.1. The molecule has 0 spiro atoms. The number of rotatable bonds is 11. The minimum absolute atomic E-state index is 0.128. The zero-order valence-electron chi connectivity index (χ0n) is 15.6. The van der Waals surface area contributed by atoms with E-state index in [-0.39, 0.29) is 6.61 Å². The Hall–Kier alpha value is 0.220. The standard InChI is InChI=1S/C14H33NO7P2/c1-13(2,3)21-23(16,17)15-11-9-7-8-10-12-20-24(18,19)22-14(4,5)6/h7-12H2,1-6H3,(H,18,19)(H2,15,16,17). The third-order valence-corrected chi connectivity index (χ3v) is 5.13. The first-order valence-electron chi connectivity index (χ1n) is 8.09. The highest BCUT2D eigenvalue weighted by Gasteiger charge is 2.28. The summed E-state index contributed by atoms with van der Waals surface area (Å²) in [5, 5.41) is 2.51. The SMILES string of the molecule is CC(C)(C)OP(=O)(O)NCCCCCCOP(=O)(O)OC(C)(C)C. The fraction of sp³-hybridized carbons (Fsp3) is 1.00. The Labute approximate surface area is 145 Å². The summed E-state index contributed by atoms with van der Waals surface area (Å²) in [6.07, 6.45) is 2.86. The van der Waals surface area contributed by atoms with E-state index in [0.29, 0.717) is 19.4 Å². The molecule has 0 aliphatic heterocycles. The molecule has 8 nitrogen and oxygen atoms in total. The van der Waals surface area contributed by atoms with Crippen LogP contribution in [-0.2, 0) is 22.7 Å². The Morgan fingerprint density at radius 2 is 1.33 bits per heavy atom. The number of phosphoric acid groups is 1. The molecule has 0 aliphatic carbocycles. The van der Waals surface area contributed by atoms with Crippen molar-refractivity contribution in [1.82, 2.24) is 5.09 Å². The molecule has 24 heavy (non-hydrogen) atoms. The van der Waals surface area contributed by atoms with Gasteiger partial charge in [0, 0.05) is 6.54 Å². The summed E-state index contributed by atoms with van der Waals surface area (Å²) in [6, 6.07) is 0. The predicted molar refractivity (Wildman–Crippen MR) is 93.7 cm³/mol. The van der Waals surface area contributed by atoms with Crippen LogP contribution in [0.25, 0.3) is 0 Å². The lowest BCUT2D eigenvalue weighted by atomic mass is 10.2. The molecular formula is C14H33NO7P2. The molecule has 0 rings (SSSR count). The largest absolute Gasteiger partial charge is 0.472 e. The topological polar surface area (TPSA) is 114 Å². The minimum Gasteiger partial charge on any atom is -0.312 e. The van der Waals surface area contributed by atoms with E-state index >= 15 is 0 Å². The van der Waals surface area contributed by atoms with Crippen molar-refractivity contribution in [2.24, 2.45) is 0 Å². The summed E-state index contributed by atoms with van der Waals surface area (Å²) in [7, 11) is -7.80. The highest BCUT2D eigenvalue weighted by Crippen LogP contribution is 2.47. The number of phosphoric ester groups is 1. The Morgan fingerprint density at radius 3 is 1.83 bits per heavy atom. The molecule has 0 aromatic heterocycles. The molecule has 3 N–H and O–H groups in total. The Kier molecular flexibility index (Phi) is 9.88. The molecule has 0 saturated carbocycles. The van der Waals surface area contributed by atoms with Gasteiger partial charge in [0.1, 0.15) is 0 Å². The maximum Gasteiger partial charge on any atom is 0.472 e. The van der Waals surface area contributed by atoms with Crippen molar-refractivity contribution in [3.63, 3.8) is 0 Å². The molecule has 2 atom stereocenters. The minimum atomic E-state index is -4.02. The molecule has 0 amide bonds. The van der Waals surface area contributed by atoms with Crippen LogP contribution in [-0.4, -0.2) is 34.1 Å². The lowest BCUT2D eigenvalue weighted by Gasteiger charge is -2.23. The van der Waals surface area contributed by atoms with E-state index in [1.54, 1.807) is 41.5 Å². The van der Waals surface area contributed by atoms with Crippen LogP contribution in [0.5, 0.6) is 0 Å². The first-order chi connectivity index (χ1) is 10.6. The van der Waals surface area contributed by atoms with Gasteiger partial charge in [0.2, 0.25) is 0 Å². The highest BCUT2D eigenvalue weighted by atomic mass is 31.2. The van der Waals surface area contributed by atoms with E-state index in [4.69, 9.17) is 13.6 Å². The Bertz CT molecular complexity index is 415. The molecule has 0 saturated heterocycles. The molecule has 146 valence electrons. The first kappa shape index (κ1) is 24.2. The Morgan fingerprint density at radius 1 is 0.833 bits per heavy atom. The summed E-state index contributed by atoms with van der Waals surface area (Å²) in [6.45, 7) is 10.6. The van der Waals surface area contributed by atoms with Crippen molar-refractivity contribution in [1.29, 1.82) is 0 Å². The van der Waals surface area contributed by atoms with Crippen molar-refractivity contribution >= 4 is 15.6 Å². The molecule has 0 aromatic carbocycles. The second-order valence-corrected chi connectivity index (χ2v) is 10.5. The zero-order chi connectivity index (χ0) is 19.1. The van der Waals surface area contributed by atoms with Crippen molar-refractivity contribution in [3.8, 4) is 0 Å². The van der Waals surface area contributed by atoms with Gasteiger partial charge in [-0.2, -0.15) is 0 Å². The molecule has 0 aromatic rings. The first-order valence-corrected chi connectivity index (χ1v) is 11.2.